The Bertz CT molecular complexity index is 569. The number of nitrogens with zero attached hydrogens (tertiary/aromatic N) is 2. The predicted molar refractivity (Wildman–Crippen MR) is 105 cm³/mol. The monoisotopic (exact) mass is 430 g/mol. The quantitative estimate of drug-likeness (QED) is 0.420. The molecule has 120 valence electrons. The highest BCUT2D eigenvalue weighted by Gasteiger charge is 2.01. The maximum atomic E-state index is 4.63. The summed E-state index contributed by atoms with van der Waals surface area (Å²) in [5, 5.41) is 8.74. The molecule has 2 heterocycles. The molecule has 2 aromatic heterocycles. The van der Waals surface area contributed by atoms with Crippen LogP contribution in [0.15, 0.2) is 40.8 Å². The molecular weight excluding hydrogens is 407 g/mol. The van der Waals surface area contributed by atoms with E-state index in [-0.39, 0.29) is 24.0 Å². The molecule has 2 N–H and O–H groups in total. The van der Waals surface area contributed by atoms with Crippen LogP contribution in [-0.2, 0) is 13.0 Å². The molecule has 0 amide bonds. The Labute approximate surface area is 153 Å². The fraction of sp³-hybridized carbons (Fsp3) is 0.375. The van der Waals surface area contributed by atoms with Crippen LogP contribution in [0.3, 0.4) is 0 Å². The van der Waals surface area contributed by atoms with E-state index < -0.39 is 0 Å². The van der Waals surface area contributed by atoms with E-state index in [0.717, 1.165) is 37.7 Å². The lowest BCUT2D eigenvalue weighted by Gasteiger charge is -2.11. The summed E-state index contributed by atoms with van der Waals surface area (Å²) in [5.41, 5.74) is 2.41. The largest absolute Gasteiger partial charge is 0.357 e. The number of aliphatic imine (C=N–C) groups is 1. The summed E-state index contributed by atoms with van der Waals surface area (Å²) >= 11 is 1.76. The maximum Gasteiger partial charge on any atom is 0.191 e. The fourth-order valence-corrected chi connectivity index (χ4v) is 2.74. The van der Waals surface area contributed by atoms with Gasteiger partial charge < -0.3 is 10.6 Å². The van der Waals surface area contributed by atoms with Crippen molar-refractivity contribution in [1.29, 1.82) is 0 Å². The zero-order chi connectivity index (χ0) is 14.9. The molecular formula is C16H23IN4S. The number of guanidine groups is 1. The minimum absolute atomic E-state index is 0. The van der Waals surface area contributed by atoms with Crippen LogP contribution in [0.4, 0.5) is 0 Å². The van der Waals surface area contributed by atoms with E-state index in [4.69, 9.17) is 0 Å². The fourth-order valence-electron chi connectivity index (χ4n) is 1.91. The SMILES string of the molecule is CCNC(=NCc1sccc1C)NCCc1ccccn1.I. The molecule has 0 aliphatic carbocycles. The lowest BCUT2D eigenvalue weighted by Crippen LogP contribution is -2.38. The van der Waals surface area contributed by atoms with Crippen molar-refractivity contribution in [3.05, 3.63) is 52.0 Å². The van der Waals surface area contributed by atoms with Gasteiger partial charge in [0.05, 0.1) is 6.54 Å². The summed E-state index contributed by atoms with van der Waals surface area (Å²) in [6.07, 6.45) is 2.72. The first-order valence-electron chi connectivity index (χ1n) is 7.24. The standard InChI is InChI=1S/C16H22N4S.HI/c1-3-17-16(20-12-15-13(2)8-11-21-15)19-10-7-14-6-4-5-9-18-14;/h4-6,8-9,11H,3,7,10,12H2,1-2H3,(H2,17,19,20);1H. The average molecular weight is 430 g/mol. The van der Waals surface area contributed by atoms with Gasteiger partial charge in [0.15, 0.2) is 5.96 Å². The van der Waals surface area contributed by atoms with Crippen molar-refractivity contribution in [1.82, 2.24) is 15.6 Å². The molecule has 0 radical (unpaired) electrons. The van der Waals surface area contributed by atoms with Gasteiger partial charge >= 0.3 is 0 Å². The lowest BCUT2D eigenvalue weighted by molar-refractivity contribution is 0.789. The van der Waals surface area contributed by atoms with Gasteiger partial charge in [0.2, 0.25) is 0 Å². The zero-order valence-corrected chi connectivity index (χ0v) is 16.2. The molecule has 2 rings (SSSR count). The third-order valence-electron chi connectivity index (χ3n) is 3.09. The molecule has 0 fully saturated rings. The summed E-state index contributed by atoms with van der Waals surface area (Å²) in [5.74, 6) is 0.862. The molecule has 0 aliphatic rings. The molecule has 0 aliphatic heterocycles. The van der Waals surface area contributed by atoms with E-state index >= 15 is 0 Å². The van der Waals surface area contributed by atoms with Gasteiger partial charge in [-0.05, 0) is 43.0 Å². The normalized spacial score (nSPS) is 10.9. The van der Waals surface area contributed by atoms with Crippen molar-refractivity contribution in [2.75, 3.05) is 13.1 Å². The van der Waals surface area contributed by atoms with Crippen molar-refractivity contribution in [2.24, 2.45) is 4.99 Å². The van der Waals surface area contributed by atoms with Crippen molar-refractivity contribution >= 4 is 41.3 Å². The first-order chi connectivity index (χ1) is 10.3. The minimum atomic E-state index is 0. The van der Waals surface area contributed by atoms with Crippen molar-refractivity contribution in [3.8, 4) is 0 Å². The van der Waals surface area contributed by atoms with Crippen molar-refractivity contribution in [3.63, 3.8) is 0 Å². The van der Waals surface area contributed by atoms with Gasteiger partial charge in [-0.3, -0.25) is 4.98 Å². The van der Waals surface area contributed by atoms with Crippen LogP contribution >= 0.6 is 35.3 Å². The number of thiophene rings is 1. The van der Waals surface area contributed by atoms with Crippen LogP contribution in [0.1, 0.15) is 23.1 Å². The van der Waals surface area contributed by atoms with Crippen LogP contribution < -0.4 is 10.6 Å². The van der Waals surface area contributed by atoms with E-state index in [0.29, 0.717) is 0 Å². The molecule has 4 nitrogen and oxygen atoms in total. The lowest BCUT2D eigenvalue weighted by atomic mass is 10.3. The van der Waals surface area contributed by atoms with Crippen LogP contribution in [0, 0.1) is 6.92 Å². The summed E-state index contributed by atoms with van der Waals surface area (Å²) in [7, 11) is 0. The van der Waals surface area contributed by atoms with E-state index in [1.54, 1.807) is 11.3 Å². The topological polar surface area (TPSA) is 49.3 Å². The van der Waals surface area contributed by atoms with Crippen LogP contribution in [0.2, 0.25) is 0 Å². The third-order valence-corrected chi connectivity index (χ3v) is 4.10. The second-order valence-corrected chi connectivity index (χ2v) is 5.72. The highest BCUT2D eigenvalue weighted by atomic mass is 127. The highest BCUT2D eigenvalue weighted by Crippen LogP contribution is 2.16. The average Bonchev–Trinajstić information content (AvgIpc) is 2.91. The smallest absolute Gasteiger partial charge is 0.191 e. The number of halogens is 1. The Kier molecular flexibility index (Phi) is 9.07. The number of hydrogen-bond donors (Lipinski definition) is 2. The molecule has 6 heteroatoms. The summed E-state index contributed by atoms with van der Waals surface area (Å²) in [6.45, 7) is 6.61. The number of aromatic nitrogens is 1. The first kappa shape index (κ1) is 18.9. The molecule has 0 atom stereocenters. The molecule has 0 aromatic carbocycles. The van der Waals surface area contributed by atoms with Crippen molar-refractivity contribution in [2.45, 2.75) is 26.8 Å². The molecule has 22 heavy (non-hydrogen) atoms. The van der Waals surface area contributed by atoms with E-state index in [1.807, 2.05) is 24.4 Å². The molecule has 0 saturated heterocycles. The van der Waals surface area contributed by atoms with Crippen LogP contribution in [0.5, 0.6) is 0 Å². The molecule has 0 saturated carbocycles. The minimum Gasteiger partial charge on any atom is -0.357 e. The van der Waals surface area contributed by atoms with E-state index in [2.05, 4.69) is 45.9 Å². The number of nitrogens with one attached hydrogen (secondary N) is 2. The second-order valence-electron chi connectivity index (χ2n) is 4.72. The molecule has 0 bridgehead atoms. The Morgan fingerprint density at radius 3 is 2.77 bits per heavy atom. The summed E-state index contributed by atoms with van der Waals surface area (Å²) in [4.78, 5) is 10.3. The zero-order valence-electron chi connectivity index (χ0n) is 13.0. The summed E-state index contributed by atoms with van der Waals surface area (Å²) < 4.78 is 0. The van der Waals surface area contributed by atoms with Crippen molar-refractivity contribution < 1.29 is 0 Å². The molecule has 2 aromatic rings. The van der Waals surface area contributed by atoms with E-state index in [9.17, 15) is 0 Å². The Hall–Kier alpha value is -1.15. The Morgan fingerprint density at radius 1 is 1.27 bits per heavy atom. The van der Waals surface area contributed by atoms with Crippen LogP contribution in [0.25, 0.3) is 0 Å². The summed E-state index contributed by atoms with van der Waals surface area (Å²) in [6, 6.07) is 8.13. The van der Waals surface area contributed by atoms with Gasteiger partial charge in [-0.25, -0.2) is 4.99 Å². The van der Waals surface area contributed by atoms with Gasteiger partial charge in [0, 0.05) is 36.3 Å². The number of hydrogen-bond acceptors (Lipinski definition) is 3. The predicted octanol–water partition coefficient (Wildman–Crippen LogP) is 3.37. The Balaban J connectivity index is 0.00000242. The number of aryl methyl sites for hydroxylation is 1. The maximum absolute atomic E-state index is 4.63. The van der Waals surface area contributed by atoms with Gasteiger partial charge in [-0.2, -0.15) is 0 Å². The molecule has 0 unspecified atom stereocenters. The second kappa shape index (κ2) is 10.6. The molecule has 0 spiro atoms. The van der Waals surface area contributed by atoms with Crippen LogP contribution in [-0.4, -0.2) is 24.0 Å². The highest BCUT2D eigenvalue weighted by molar-refractivity contribution is 14.0. The van der Waals surface area contributed by atoms with Gasteiger partial charge in [-0.1, -0.05) is 6.07 Å². The van der Waals surface area contributed by atoms with E-state index in [1.165, 1.54) is 10.4 Å². The first-order valence-corrected chi connectivity index (χ1v) is 8.12. The van der Waals surface area contributed by atoms with Gasteiger partial charge in [0.1, 0.15) is 0 Å². The van der Waals surface area contributed by atoms with Gasteiger partial charge in [-0.15, -0.1) is 35.3 Å². The number of rotatable bonds is 6. The van der Waals surface area contributed by atoms with Gasteiger partial charge in [0.25, 0.3) is 0 Å². The Morgan fingerprint density at radius 2 is 2.14 bits per heavy atom. The third kappa shape index (κ3) is 6.31. The number of pyridine rings is 1.